The Morgan fingerprint density at radius 2 is 0.900 bits per heavy atom. The highest BCUT2D eigenvalue weighted by Crippen LogP contribution is 2.43. The average molecular weight is 2020 g/mol. The highest BCUT2D eigenvalue weighted by molar-refractivity contribution is 14.1. The number of hydrogen-bond acceptors (Lipinski definition) is 40. The Labute approximate surface area is 754 Å². The molecule has 0 radical (unpaired) electrons. The number of nitro benzene ring substituents is 1. The minimum Gasteiger partial charge on any atom is -0.507 e. The van der Waals surface area contributed by atoms with Gasteiger partial charge in [-0.1, -0.05) is 0 Å². The summed E-state index contributed by atoms with van der Waals surface area (Å²) in [7, 11) is 0. The summed E-state index contributed by atoms with van der Waals surface area (Å²) in [5.41, 5.74) is 27.4. The van der Waals surface area contributed by atoms with Gasteiger partial charge in [0.1, 0.15) is 116 Å². The topological polar surface area (TPSA) is 977 Å². The van der Waals surface area contributed by atoms with Gasteiger partial charge in [-0.25, -0.2) is 14.4 Å². The van der Waals surface area contributed by atoms with Crippen LogP contribution in [0.4, 0.5) is 11.4 Å². The second-order valence-corrected chi connectivity index (χ2v) is 31.3. The number of thioether (sulfide) groups is 3. The van der Waals surface area contributed by atoms with E-state index >= 15 is 0 Å². The number of benzene rings is 4. The summed E-state index contributed by atoms with van der Waals surface area (Å²) in [6.45, 7) is -2.37. The molecule has 36 N–H and O–H groups in total. The van der Waals surface area contributed by atoms with Crippen molar-refractivity contribution in [1.29, 1.82) is 0 Å². The predicted molar refractivity (Wildman–Crippen MR) is 442 cm³/mol. The highest BCUT2D eigenvalue weighted by Gasteiger charge is 2.50. The molecule has 16 atom stereocenters. The number of phenolic OH excluding ortho intramolecular Hbond substituents is 3. The minimum absolute atomic E-state index is 0.0678. The first-order chi connectivity index (χ1) is 60.6. The van der Waals surface area contributed by atoms with Crippen molar-refractivity contribution in [3.05, 3.63) is 96.6 Å². The lowest BCUT2D eigenvalue weighted by molar-refractivity contribution is -0.387. The summed E-state index contributed by atoms with van der Waals surface area (Å²) in [5.74, 6) is -26.2. The summed E-state index contributed by atoms with van der Waals surface area (Å²) in [6, 6.07) is 3.29. The van der Waals surface area contributed by atoms with E-state index in [1.165, 1.54) is 18.2 Å². The van der Waals surface area contributed by atoms with Gasteiger partial charge in [-0.15, -0.1) is 35.3 Å². The van der Waals surface area contributed by atoms with Gasteiger partial charge in [0.2, 0.25) is 53.5 Å². The molecule has 1 saturated heterocycles. The smallest absolute Gasteiger partial charge is 0.340 e. The Bertz CT molecular complexity index is 4820. The molecular formula is C71H88IN13O42S3. The second-order valence-electron chi connectivity index (χ2n) is 27.0. The number of carbonyl (C=O) groups excluding carboxylic acids is 9. The van der Waals surface area contributed by atoms with E-state index in [1.807, 2.05) is 33.4 Å². The molecule has 0 aromatic heterocycles. The van der Waals surface area contributed by atoms with Crippen molar-refractivity contribution in [2.24, 2.45) is 34.6 Å². The minimum atomic E-state index is -2.07. The van der Waals surface area contributed by atoms with E-state index < -0.39 is 299 Å². The van der Waals surface area contributed by atoms with Crippen LogP contribution in [0.2, 0.25) is 0 Å². The number of nitrogens with two attached hydrogens (primary N) is 5. The van der Waals surface area contributed by atoms with Gasteiger partial charge < -0.3 is 167 Å². The highest BCUT2D eigenvalue weighted by atomic mass is 127. The van der Waals surface area contributed by atoms with Crippen LogP contribution in [0.25, 0.3) is 0 Å². The normalized spacial score (nSPS) is 19.1. The molecule has 1 aliphatic heterocycles. The number of aromatic carboxylic acids is 1. The van der Waals surface area contributed by atoms with Gasteiger partial charge in [-0.2, -0.15) is 0 Å². The third-order valence-electron chi connectivity index (χ3n) is 17.4. The maximum Gasteiger partial charge on any atom is 0.340 e. The van der Waals surface area contributed by atoms with Crippen molar-refractivity contribution in [1.82, 2.24) is 31.9 Å². The first-order valence-corrected chi connectivity index (χ1v) is 40.7. The molecule has 714 valence electrons. The number of nitrogens with one attached hydrogen (secondary N) is 7. The number of esters is 1. The molecule has 4 aromatic carbocycles. The number of carboxylic acid groups (broad SMARTS) is 9. The first-order valence-electron chi connectivity index (χ1n) is 36.6. The summed E-state index contributed by atoms with van der Waals surface area (Å²) in [4.78, 5) is 218. The number of hydrogen-bond donors (Lipinski definition) is 31. The van der Waals surface area contributed by atoms with Gasteiger partial charge in [0.05, 0.1) is 48.4 Å². The molecule has 55 nitrogen and oxygen atoms in total. The van der Waals surface area contributed by atoms with Gasteiger partial charge in [0, 0.05) is 63.7 Å². The molecule has 0 bridgehead atoms. The van der Waals surface area contributed by atoms with Crippen LogP contribution in [-0.2, 0) is 76.6 Å². The average Bonchev–Trinajstić information content (AvgIpc) is 0.790. The summed E-state index contributed by atoms with van der Waals surface area (Å²) < 4.78 is 16.1. The first kappa shape index (κ1) is 111. The van der Waals surface area contributed by atoms with Crippen LogP contribution < -0.4 is 70.8 Å². The number of rotatable bonds is 44. The molecule has 59 heteroatoms. The number of anilines is 1. The molecule has 8 amide bonds. The van der Waals surface area contributed by atoms with Crippen LogP contribution in [0.3, 0.4) is 0 Å². The molecule has 130 heavy (non-hydrogen) atoms. The van der Waals surface area contributed by atoms with Crippen molar-refractivity contribution in [3.63, 3.8) is 0 Å². The van der Waals surface area contributed by atoms with Crippen LogP contribution in [0.1, 0.15) is 86.4 Å². The number of aliphatic hydroxyl groups excluding tert-OH is 6. The maximum atomic E-state index is 12.7. The molecular weight excluding hydrogens is 1930 g/mol. The molecule has 1 saturated carbocycles. The van der Waals surface area contributed by atoms with Crippen LogP contribution in [-0.4, -0.2) is 337 Å². The van der Waals surface area contributed by atoms with Gasteiger partial charge in [0.15, 0.2) is 6.10 Å². The number of aromatic hydroxyl groups is 3. The summed E-state index contributed by atoms with van der Waals surface area (Å²) in [5, 5.41) is 205. The van der Waals surface area contributed by atoms with Crippen molar-refractivity contribution in [2.45, 2.75) is 151 Å². The number of halogens is 1. The molecule has 1 aliphatic carbocycles. The zero-order chi connectivity index (χ0) is 98.7. The molecule has 2 aliphatic rings. The molecule has 0 spiro atoms. The number of phenols is 3. The van der Waals surface area contributed by atoms with Crippen LogP contribution in [0.15, 0.2) is 75.4 Å². The van der Waals surface area contributed by atoms with E-state index in [0.717, 1.165) is 45.7 Å². The second kappa shape index (κ2) is 53.1. The third kappa shape index (κ3) is 36.0. The Kier molecular flexibility index (Phi) is 45.5. The van der Waals surface area contributed by atoms with E-state index in [-0.39, 0.29) is 51.7 Å². The number of primary amides is 2. The number of carbonyl (C=O) groups is 18. The number of aliphatic carboxylic acids is 8. The Morgan fingerprint density at radius 1 is 0.500 bits per heavy atom. The van der Waals surface area contributed by atoms with Crippen molar-refractivity contribution < 1.29 is 203 Å². The lowest BCUT2D eigenvalue weighted by atomic mass is 9.81. The number of nitro groups is 1. The molecule has 1 heterocycles. The maximum absolute atomic E-state index is 12.7. The van der Waals surface area contributed by atoms with Gasteiger partial charge in [-0.05, 0) is 96.5 Å². The predicted octanol–water partition coefficient (Wildman–Crippen LogP) is -7.03. The SMILES string of the molecule is NC(=O)c1ccc(I)c(NO)c1.NC(=O)c1ccc(SCC(NC(=O)CCC(N)C(=O)O)C(=O)NCC(=O)O)c([N+](=O)[O-])c1.NC(CCC(=O)NC(CSc1c(O)cc(C(=O)O)cc1OC1CC(C(=O)O)[C@@H](O)[C@H](O)[C@H]1O)C(=O)NCC(=O)O)C(=O)O.NC(CCC(=O)NC(CSc1c(O)cc(C(=O)OC2OC(C(=O)O)[C@@H](O)[C@H](O)[C@H]2O)cc1O)C(=O)NCC(=O)O)C(=O)O. The fourth-order valence-corrected chi connectivity index (χ4v) is 14.0. The lowest BCUT2D eigenvalue weighted by Crippen LogP contribution is -2.60. The van der Waals surface area contributed by atoms with Crippen LogP contribution in [0.5, 0.6) is 23.0 Å². The van der Waals surface area contributed by atoms with Crippen molar-refractivity contribution in [2.75, 3.05) is 42.4 Å². The third-order valence-corrected chi connectivity index (χ3v) is 21.9. The summed E-state index contributed by atoms with van der Waals surface area (Å²) in [6.07, 6.45) is -20.0. The van der Waals surface area contributed by atoms with Gasteiger partial charge in [-0.3, -0.25) is 92.7 Å². The van der Waals surface area contributed by atoms with Crippen molar-refractivity contribution >= 4 is 176 Å². The van der Waals surface area contributed by atoms with E-state index in [9.17, 15) is 153 Å². The summed E-state index contributed by atoms with van der Waals surface area (Å²) >= 11 is 4.03. The van der Waals surface area contributed by atoms with Gasteiger partial charge in [0.25, 0.3) is 5.69 Å². The number of aliphatic hydroxyl groups is 6. The Hall–Kier alpha value is -12.9. The van der Waals surface area contributed by atoms with E-state index in [1.54, 1.807) is 12.1 Å². The fraction of sp³-hybridized carbons (Fsp3) is 0.408. The van der Waals surface area contributed by atoms with Gasteiger partial charge >= 0.3 is 59.7 Å². The monoisotopic (exact) mass is 2020 g/mol. The zero-order valence-corrected chi connectivity index (χ0v) is 71.1. The van der Waals surface area contributed by atoms with E-state index in [2.05, 4.69) is 26.6 Å². The number of nitrogens with zero attached hydrogens (tertiary/aromatic N) is 1. The number of carboxylic acids is 9. The molecule has 4 aromatic rings. The lowest BCUT2D eigenvalue weighted by Gasteiger charge is -2.38. The fourth-order valence-electron chi connectivity index (χ4n) is 10.5. The standard InChI is InChI=1S/C24H31N3O15S.C23H29N3O16S.C17H21N5O9S.C7H7IN2O2/c25-10(24(40)41)1-2-15(29)27-11(21(35)26-6-16(30)31)7-43-20-12(28)3-8(22(36)37)4-14(20)42-13-5-9(23(38)39)17(32)19(34)18(13)33;24-8(20(36)37)1-2-12(29)26-9(19(35)25-5-13(30)31)6-43-18-10(27)3-7(4-11(18)28)22(40)42-23-16(34)14(32)15(33)17(41-23)21(38)39;18-9(17(28)29)2-4-13(23)21-10(16(27)20-6-14(24)25)7-32-12-3-1-8(15(19)26)5-11(12)22(30)31;8-5-2-1-4(7(9)11)3-6(5)10-12/h3-4,9-11,13,17-19,28,32-34H,1-2,5-7,25H2,(H,26,35)(H,27,29)(H,30,31)(H,36,37)(H,38,39)(H,40,41);3-4,8-9,14-17,23,27-28,32-34H,1-2,5-6,24H2,(H,25,35)(H,26,29)(H,30,31)(H,36,37)(H,38,39);1,3,5,9-10H,2,4,6-7,18H2,(H2,19,26)(H,20,27)(H,21,23)(H,24,25)(H,28,29);1-3,10,12H,(H2,9,11)/t9?,10?,11?,13?,17-,18+,19+;8?,9?,14-,15-,16+,17?,23?;;/m10../s1. The quantitative estimate of drug-likeness (QED) is 0.00643. The van der Waals surface area contributed by atoms with Crippen molar-refractivity contribution in [3.8, 4) is 23.0 Å². The van der Waals surface area contributed by atoms with Crippen LogP contribution in [0, 0.1) is 19.6 Å². The van der Waals surface area contributed by atoms with Crippen LogP contribution >= 0.6 is 57.9 Å². The largest absolute Gasteiger partial charge is 0.507 e. The Morgan fingerprint density at radius 3 is 1.29 bits per heavy atom. The zero-order valence-electron chi connectivity index (χ0n) is 66.5. The molecule has 2 fully saturated rings. The van der Waals surface area contributed by atoms with E-state index in [0.29, 0.717) is 34.8 Å². The molecule has 6 rings (SSSR count). The van der Waals surface area contributed by atoms with E-state index in [4.69, 9.17) is 83.8 Å². The molecule has 10 unspecified atom stereocenters. The number of ether oxygens (including phenoxy) is 3. The Balaban J connectivity index is 0.000000475. The number of amides is 8.